The third kappa shape index (κ3) is 3.38. The number of benzene rings is 3. The van der Waals surface area contributed by atoms with Crippen LogP contribution in [0.1, 0.15) is 18.9 Å². The zero-order chi connectivity index (χ0) is 18.0. The van der Waals surface area contributed by atoms with Crippen LogP contribution in [0.3, 0.4) is 0 Å². The lowest BCUT2D eigenvalue weighted by Gasteiger charge is -2.09. The SMILES string of the molecule is CCCc1ccc(-c2ccc(-c3ccc(O)c(F)c3F)c(F)c2)cc1. The van der Waals surface area contributed by atoms with E-state index in [1.807, 2.05) is 24.3 Å². The van der Waals surface area contributed by atoms with Crippen LogP contribution in [0.5, 0.6) is 5.75 Å². The number of phenols is 1. The molecule has 0 aliphatic rings. The van der Waals surface area contributed by atoms with Crippen LogP contribution in [0.15, 0.2) is 54.6 Å². The lowest BCUT2D eigenvalue weighted by Crippen LogP contribution is -1.93. The molecule has 0 saturated carbocycles. The second-order valence-electron chi connectivity index (χ2n) is 5.90. The Bertz CT molecular complexity index is 902. The van der Waals surface area contributed by atoms with Crippen LogP contribution < -0.4 is 0 Å². The summed E-state index contributed by atoms with van der Waals surface area (Å²) in [5, 5.41) is 9.19. The van der Waals surface area contributed by atoms with Gasteiger partial charge in [-0.25, -0.2) is 8.78 Å². The predicted molar refractivity (Wildman–Crippen MR) is 92.8 cm³/mol. The van der Waals surface area contributed by atoms with Gasteiger partial charge in [0.05, 0.1) is 0 Å². The van der Waals surface area contributed by atoms with Gasteiger partial charge in [-0.15, -0.1) is 0 Å². The molecule has 0 amide bonds. The van der Waals surface area contributed by atoms with Crippen molar-refractivity contribution in [2.45, 2.75) is 19.8 Å². The highest BCUT2D eigenvalue weighted by atomic mass is 19.2. The molecule has 4 heteroatoms. The van der Waals surface area contributed by atoms with E-state index in [1.165, 1.54) is 17.7 Å². The zero-order valence-corrected chi connectivity index (χ0v) is 13.7. The fourth-order valence-corrected chi connectivity index (χ4v) is 2.81. The van der Waals surface area contributed by atoms with Crippen molar-refractivity contribution in [3.63, 3.8) is 0 Å². The van der Waals surface area contributed by atoms with E-state index < -0.39 is 23.2 Å². The molecule has 0 unspecified atom stereocenters. The Morgan fingerprint density at radius 3 is 2.04 bits per heavy atom. The Kier molecular flexibility index (Phi) is 4.79. The molecule has 0 fully saturated rings. The molecule has 1 nitrogen and oxygen atoms in total. The minimum Gasteiger partial charge on any atom is -0.505 e. The molecule has 25 heavy (non-hydrogen) atoms. The first-order chi connectivity index (χ1) is 12.0. The zero-order valence-electron chi connectivity index (χ0n) is 13.7. The number of hydrogen-bond donors (Lipinski definition) is 1. The largest absolute Gasteiger partial charge is 0.505 e. The Labute approximate surface area is 144 Å². The summed E-state index contributed by atoms with van der Waals surface area (Å²) >= 11 is 0. The number of hydrogen-bond acceptors (Lipinski definition) is 1. The van der Waals surface area contributed by atoms with Crippen molar-refractivity contribution in [2.24, 2.45) is 0 Å². The molecule has 128 valence electrons. The molecule has 0 aliphatic heterocycles. The van der Waals surface area contributed by atoms with E-state index in [-0.39, 0.29) is 11.1 Å². The minimum absolute atomic E-state index is 0.0530. The Hall–Kier alpha value is -2.75. The maximum Gasteiger partial charge on any atom is 0.200 e. The van der Waals surface area contributed by atoms with E-state index in [4.69, 9.17) is 0 Å². The van der Waals surface area contributed by atoms with Gasteiger partial charge in [0.15, 0.2) is 11.6 Å². The summed E-state index contributed by atoms with van der Waals surface area (Å²) in [6.45, 7) is 2.10. The van der Waals surface area contributed by atoms with Crippen molar-refractivity contribution in [1.82, 2.24) is 0 Å². The van der Waals surface area contributed by atoms with Crippen molar-refractivity contribution in [2.75, 3.05) is 0 Å². The van der Waals surface area contributed by atoms with E-state index in [2.05, 4.69) is 6.92 Å². The first kappa shape index (κ1) is 17.1. The molecule has 3 rings (SSSR count). The standard InChI is InChI=1S/C21H17F3O/c1-2-3-13-4-6-14(7-5-13)15-8-9-16(18(22)12-15)17-10-11-19(25)21(24)20(17)23/h4-12,25H,2-3H2,1H3. The van der Waals surface area contributed by atoms with Gasteiger partial charge in [-0.1, -0.05) is 49.7 Å². The van der Waals surface area contributed by atoms with Gasteiger partial charge in [0.2, 0.25) is 5.82 Å². The van der Waals surface area contributed by atoms with E-state index in [0.29, 0.717) is 5.56 Å². The number of halogens is 3. The molecule has 0 spiro atoms. The summed E-state index contributed by atoms with van der Waals surface area (Å²) in [7, 11) is 0. The van der Waals surface area contributed by atoms with E-state index in [9.17, 15) is 18.3 Å². The monoisotopic (exact) mass is 342 g/mol. The second kappa shape index (κ2) is 7.01. The second-order valence-corrected chi connectivity index (χ2v) is 5.90. The predicted octanol–water partition coefficient (Wildman–Crippen LogP) is 6.10. The normalized spacial score (nSPS) is 10.9. The Balaban J connectivity index is 1.97. The molecule has 0 atom stereocenters. The van der Waals surface area contributed by atoms with E-state index in [0.717, 1.165) is 30.5 Å². The Morgan fingerprint density at radius 1 is 0.760 bits per heavy atom. The van der Waals surface area contributed by atoms with Crippen LogP contribution in [-0.4, -0.2) is 5.11 Å². The first-order valence-corrected chi connectivity index (χ1v) is 8.07. The summed E-state index contributed by atoms with van der Waals surface area (Å²) in [5.74, 6) is -4.10. The molecule has 0 aromatic heterocycles. The average Bonchev–Trinajstić information content (AvgIpc) is 2.61. The van der Waals surface area contributed by atoms with Crippen LogP contribution in [0.4, 0.5) is 13.2 Å². The maximum atomic E-state index is 14.5. The van der Waals surface area contributed by atoms with Crippen LogP contribution in [0, 0.1) is 17.5 Å². The van der Waals surface area contributed by atoms with Gasteiger partial charge in [0.1, 0.15) is 5.82 Å². The number of phenolic OH excluding ortho intramolecular Hbond substituents is 1. The summed E-state index contributed by atoms with van der Waals surface area (Å²) in [6, 6.07) is 14.4. The molecule has 3 aromatic carbocycles. The highest BCUT2D eigenvalue weighted by Gasteiger charge is 2.17. The fourth-order valence-electron chi connectivity index (χ4n) is 2.81. The van der Waals surface area contributed by atoms with Gasteiger partial charge in [-0.05, 0) is 41.3 Å². The highest BCUT2D eigenvalue weighted by Crippen LogP contribution is 2.33. The minimum atomic E-state index is -1.38. The molecule has 0 bridgehead atoms. The molecule has 3 aromatic rings. The van der Waals surface area contributed by atoms with Gasteiger partial charge < -0.3 is 5.11 Å². The molecule has 0 radical (unpaired) electrons. The average molecular weight is 342 g/mol. The van der Waals surface area contributed by atoms with Gasteiger partial charge in [-0.2, -0.15) is 4.39 Å². The lowest BCUT2D eigenvalue weighted by molar-refractivity contribution is 0.408. The molecule has 0 heterocycles. The Morgan fingerprint density at radius 2 is 1.40 bits per heavy atom. The molecule has 0 aliphatic carbocycles. The summed E-state index contributed by atoms with van der Waals surface area (Å²) in [6.07, 6.45) is 2.04. The van der Waals surface area contributed by atoms with Gasteiger partial charge >= 0.3 is 0 Å². The number of aromatic hydroxyl groups is 1. The molecule has 0 saturated heterocycles. The highest BCUT2D eigenvalue weighted by molar-refractivity contribution is 5.72. The van der Waals surface area contributed by atoms with Crippen LogP contribution in [0.2, 0.25) is 0 Å². The fraction of sp³-hybridized carbons (Fsp3) is 0.143. The maximum absolute atomic E-state index is 14.5. The van der Waals surface area contributed by atoms with Crippen molar-refractivity contribution >= 4 is 0 Å². The smallest absolute Gasteiger partial charge is 0.200 e. The first-order valence-electron chi connectivity index (χ1n) is 8.07. The van der Waals surface area contributed by atoms with Crippen molar-refractivity contribution in [3.8, 4) is 28.0 Å². The number of aryl methyl sites for hydroxylation is 1. The number of rotatable bonds is 4. The van der Waals surface area contributed by atoms with E-state index >= 15 is 0 Å². The summed E-state index contributed by atoms with van der Waals surface area (Å²) in [5.41, 5.74) is 2.44. The van der Waals surface area contributed by atoms with Crippen molar-refractivity contribution in [3.05, 3.63) is 77.6 Å². The third-order valence-corrected chi connectivity index (χ3v) is 4.15. The van der Waals surface area contributed by atoms with Crippen LogP contribution >= 0.6 is 0 Å². The topological polar surface area (TPSA) is 20.2 Å². The van der Waals surface area contributed by atoms with Gasteiger partial charge in [-0.3, -0.25) is 0 Å². The summed E-state index contributed by atoms with van der Waals surface area (Å²) < 4.78 is 42.0. The van der Waals surface area contributed by atoms with Gasteiger partial charge in [0.25, 0.3) is 0 Å². The van der Waals surface area contributed by atoms with E-state index in [1.54, 1.807) is 6.07 Å². The van der Waals surface area contributed by atoms with Crippen LogP contribution in [-0.2, 0) is 6.42 Å². The van der Waals surface area contributed by atoms with Crippen molar-refractivity contribution in [1.29, 1.82) is 0 Å². The lowest BCUT2D eigenvalue weighted by atomic mass is 9.98. The summed E-state index contributed by atoms with van der Waals surface area (Å²) in [4.78, 5) is 0. The van der Waals surface area contributed by atoms with Gasteiger partial charge in [0, 0.05) is 11.1 Å². The quantitative estimate of drug-likeness (QED) is 0.608. The van der Waals surface area contributed by atoms with Crippen LogP contribution in [0.25, 0.3) is 22.3 Å². The molecule has 1 N–H and O–H groups in total. The molecular weight excluding hydrogens is 325 g/mol. The van der Waals surface area contributed by atoms with Crippen molar-refractivity contribution < 1.29 is 18.3 Å². The third-order valence-electron chi connectivity index (χ3n) is 4.15. The molecular formula is C21H17F3O.